The second kappa shape index (κ2) is 9.70. The molecule has 8 nitrogen and oxygen atoms in total. The first-order chi connectivity index (χ1) is 15.2. The van der Waals surface area contributed by atoms with E-state index in [-0.39, 0.29) is 35.4 Å². The lowest BCUT2D eigenvalue weighted by Crippen LogP contribution is -2.31. The summed E-state index contributed by atoms with van der Waals surface area (Å²) in [6, 6.07) is 11.9. The fraction of sp³-hybridized carbons (Fsp3) is 0.391. The fourth-order valence-corrected chi connectivity index (χ4v) is 5.23. The van der Waals surface area contributed by atoms with Crippen LogP contribution < -0.4 is 15.0 Å². The summed E-state index contributed by atoms with van der Waals surface area (Å²) in [7, 11) is -2.25. The van der Waals surface area contributed by atoms with Crippen molar-refractivity contribution in [3.05, 3.63) is 48.0 Å². The molecule has 1 aliphatic rings. The van der Waals surface area contributed by atoms with E-state index >= 15 is 0 Å². The number of rotatable bonds is 8. The molecule has 1 aliphatic heterocycles. The van der Waals surface area contributed by atoms with Gasteiger partial charge in [-0.15, -0.1) is 0 Å². The van der Waals surface area contributed by atoms with Crippen LogP contribution in [0.1, 0.15) is 25.8 Å². The topological polar surface area (TPSA) is 96.0 Å². The van der Waals surface area contributed by atoms with Crippen molar-refractivity contribution in [1.82, 2.24) is 4.31 Å². The number of carbonyl (C=O) groups is 2. The molecule has 172 valence electrons. The highest BCUT2D eigenvalue weighted by Gasteiger charge is 2.35. The molecule has 0 spiro atoms. The van der Waals surface area contributed by atoms with Crippen LogP contribution in [0.15, 0.2) is 47.4 Å². The summed E-state index contributed by atoms with van der Waals surface area (Å²) in [5, 5.41) is 2.77. The molecule has 1 heterocycles. The normalized spacial score (nSPS) is 16.5. The molecule has 0 aliphatic carbocycles. The smallest absolute Gasteiger partial charge is 0.243 e. The molecule has 1 N–H and O–H groups in total. The molecule has 2 aromatic carbocycles. The van der Waals surface area contributed by atoms with Crippen LogP contribution in [0.5, 0.6) is 5.75 Å². The molecule has 2 aromatic rings. The number of nitrogens with one attached hydrogen (secondary N) is 1. The van der Waals surface area contributed by atoms with Crippen molar-refractivity contribution in [3.8, 4) is 5.75 Å². The first-order valence-electron chi connectivity index (χ1n) is 10.6. The van der Waals surface area contributed by atoms with Crippen molar-refractivity contribution in [1.29, 1.82) is 0 Å². The molecule has 0 radical (unpaired) electrons. The molecular weight excluding hydrogens is 430 g/mol. The number of benzene rings is 2. The van der Waals surface area contributed by atoms with Gasteiger partial charge in [-0.25, -0.2) is 8.42 Å². The van der Waals surface area contributed by atoms with Crippen molar-refractivity contribution in [2.45, 2.75) is 32.1 Å². The van der Waals surface area contributed by atoms with Gasteiger partial charge in [0, 0.05) is 31.7 Å². The molecule has 1 saturated heterocycles. The van der Waals surface area contributed by atoms with Gasteiger partial charge in [-0.1, -0.05) is 31.5 Å². The van der Waals surface area contributed by atoms with Crippen LogP contribution in [0.3, 0.4) is 0 Å². The van der Waals surface area contributed by atoms with E-state index in [4.69, 9.17) is 4.74 Å². The third-order valence-electron chi connectivity index (χ3n) is 5.61. The minimum Gasteiger partial charge on any atom is -0.495 e. The minimum atomic E-state index is -3.70. The van der Waals surface area contributed by atoms with Crippen molar-refractivity contribution in [3.63, 3.8) is 0 Å². The third kappa shape index (κ3) is 4.78. The molecule has 0 saturated carbocycles. The Morgan fingerprint density at radius 1 is 1.16 bits per heavy atom. The number of amides is 2. The second-order valence-electron chi connectivity index (χ2n) is 7.68. The van der Waals surface area contributed by atoms with E-state index in [1.165, 1.54) is 29.6 Å². The number of anilines is 2. The highest BCUT2D eigenvalue weighted by atomic mass is 32.2. The quantitative estimate of drug-likeness (QED) is 0.655. The maximum Gasteiger partial charge on any atom is 0.243 e. The summed E-state index contributed by atoms with van der Waals surface area (Å²) in [6.45, 7) is 6.44. The second-order valence-corrected chi connectivity index (χ2v) is 9.62. The molecule has 0 aromatic heterocycles. The zero-order valence-electron chi connectivity index (χ0n) is 18.8. The lowest BCUT2D eigenvalue weighted by atomic mass is 10.1. The third-order valence-corrected chi connectivity index (χ3v) is 7.66. The van der Waals surface area contributed by atoms with Crippen molar-refractivity contribution >= 4 is 33.2 Å². The van der Waals surface area contributed by atoms with Gasteiger partial charge >= 0.3 is 0 Å². The van der Waals surface area contributed by atoms with Crippen LogP contribution in [-0.2, 0) is 19.6 Å². The average Bonchev–Trinajstić information content (AvgIpc) is 3.16. The summed E-state index contributed by atoms with van der Waals surface area (Å²) in [5.74, 6) is -0.699. The van der Waals surface area contributed by atoms with E-state index in [0.29, 0.717) is 18.8 Å². The number of nitrogens with zero attached hydrogens (tertiary/aromatic N) is 2. The zero-order chi connectivity index (χ0) is 23.5. The zero-order valence-corrected chi connectivity index (χ0v) is 19.6. The monoisotopic (exact) mass is 459 g/mol. The minimum absolute atomic E-state index is 0.0704. The van der Waals surface area contributed by atoms with Crippen LogP contribution in [0, 0.1) is 12.8 Å². The molecule has 3 rings (SSSR count). The fourth-order valence-electron chi connectivity index (χ4n) is 3.75. The Morgan fingerprint density at radius 2 is 1.81 bits per heavy atom. The van der Waals surface area contributed by atoms with Gasteiger partial charge in [-0.2, -0.15) is 4.31 Å². The van der Waals surface area contributed by atoms with Gasteiger partial charge in [0.15, 0.2) is 0 Å². The van der Waals surface area contributed by atoms with E-state index in [2.05, 4.69) is 5.32 Å². The van der Waals surface area contributed by atoms with Gasteiger partial charge in [-0.3, -0.25) is 9.59 Å². The van der Waals surface area contributed by atoms with E-state index < -0.39 is 15.9 Å². The molecule has 0 unspecified atom stereocenters. The summed E-state index contributed by atoms with van der Waals surface area (Å²) in [5.41, 5.74) is 2.09. The predicted octanol–water partition coefficient (Wildman–Crippen LogP) is 3.03. The summed E-state index contributed by atoms with van der Waals surface area (Å²) in [4.78, 5) is 27.1. The number of aryl methyl sites for hydroxylation is 1. The molecular formula is C23H29N3O5S. The highest BCUT2D eigenvalue weighted by molar-refractivity contribution is 7.89. The van der Waals surface area contributed by atoms with Crippen molar-refractivity contribution in [2.75, 3.05) is 37.0 Å². The van der Waals surface area contributed by atoms with E-state index in [1.807, 2.05) is 31.2 Å². The number of carbonyl (C=O) groups excluding carboxylic acids is 2. The maximum absolute atomic E-state index is 13.0. The van der Waals surface area contributed by atoms with Gasteiger partial charge in [-0.05, 0) is 37.3 Å². The molecule has 2 amide bonds. The van der Waals surface area contributed by atoms with Crippen molar-refractivity contribution in [2.24, 2.45) is 5.92 Å². The number of ether oxygens (including phenoxy) is 1. The Hall–Kier alpha value is -2.91. The van der Waals surface area contributed by atoms with Crippen LogP contribution in [0.2, 0.25) is 0 Å². The Kier molecular flexibility index (Phi) is 7.20. The van der Waals surface area contributed by atoms with E-state index in [1.54, 1.807) is 18.7 Å². The first kappa shape index (κ1) is 23.7. The summed E-state index contributed by atoms with van der Waals surface area (Å²) < 4.78 is 32.4. The molecule has 32 heavy (non-hydrogen) atoms. The Labute approximate surface area is 189 Å². The number of hydrogen-bond acceptors (Lipinski definition) is 5. The lowest BCUT2D eigenvalue weighted by molar-refractivity contribution is -0.122. The highest BCUT2D eigenvalue weighted by Crippen LogP contribution is 2.31. The lowest BCUT2D eigenvalue weighted by Gasteiger charge is -2.20. The largest absolute Gasteiger partial charge is 0.495 e. The Morgan fingerprint density at radius 3 is 2.41 bits per heavy atom. The SMILES string of the molecule is CCN(CC)S(=O)(=O)c1ccc(OC)c(NC(=O)[C@@H]2CC(=O)N(c3ccc(C)cc3)C2)c1. The predicted molar refractivity (Wildman–Crippen MR) is 123 cm³/mol. The maximum atomic E-state index is 13.0. The number of hydrogen-bond donors (Lipinski definition) is 1. The number of sulfonamides is 1. The van der Waals surface area contributed by atoms with Crippen molar-refractivity contribution < 1.29 is 22.7 Å². The van der Waals surface area contributed by atoms with Gasteiger partial charge in [0.2, 0.25) is 21.8 Å². The molecule has 0 bridgehead atoms. The van der Waals surface area contributed by atoms with Crippen LogP contribution in [-0.4, -0.2) is 51.3 Å². The standard InChI is InChI=1S/C23H29N3O5S/c1-5-25(6-2)32(29,30)19-11-12-21(31-4)20(14-19)24-23(28)17-13-22(27)26(15-17)18-9-7-16(3)8-10-18/h7-12,14,17H,5-6,13,15H2,1-4H3,(H,24,28)/t17-/m1/s1. The first-order valence-corrected chi connectivity index (χ1v) is 12.0. The summed E-state index contributed by atoms with van der Waals surface area (Å²) >= 11 is 0. The van der Waals surface area contributed by atoms with E-state index in [9.17, 15) is 18.0 Å². The number of methoxy groups -OCH3 is 1. The van der Waals surface area contributed by atoms with Gasteiger partial charge in [0.05, 0.1) is 23.6 Å². The van der Waals surface area contributed by atoms with Gasteiger partial charge in [0.1, 0.15) is 5.75 Å². The average molecular weight is 460 g/mol. The summed E-state index contributed by atoms with van der Waals surface area (Å²) in [6.07, 6.45) is 0.0828. The molecule has 1 fully saturated rings. The molecule has 1 atom stereocenters. The van der Waals surface area contributed by atoms with Crippen LogP contribution in [0.25, 0.3) is 0 Å². The Balaban J connectivity index is 1.81. The van der Waals surface area contributed by atoms with Gasteiger partial charge < -0.3 is 15.0 Å². The van der Waals surface area contributed by atoms with Crippen LogP contribution in [0.4, 0.5) is 11.4 Å². The van der Waals surface area contributed by atoms with E-state index in [0.717, 1.165) is 11.3 Å². The Bertz CT molecular complexity index is 1100. The van der Waals surface area contributed by atoms with Gasteiger partial charge in [0.25, 0.3) is 0 Å². The van der Waals surface area contributed by atoms with Crippen LogP contribution >= 0.6 is 0 Å². The molecule has 9 heteroatoms.